The molecule has 0 unspecified atom stereocenters. The van der Waals surface area contributed by atoms with Crippen molar-refractivity contribution in [2.45, 2.75) is 24.8 Å². The molecule has 0 heterocycles. The van der Waals surface area contributed by atoms with Crippen LogP contribution >= 0.6 is 39.1 Å². The first kappa shape index (κ1) is 13.2. The molecule has 0 aliphatic heterocycles. The van der Waals surface area contributed by atoms with Gasteiger partial charge in [0.25, 0.3) is 5.91 Å². The van der Waals surface area contributed by atoms with Gasteiger partial charge < -0.3 is 5.32 Å². The average molecular weight is 337 g/mol. The largest absolute Gasteiger partial charge is 0.345 e. The molecule has 0 saturated heterocycles. The van der Waals surface area contributed by atoms with Gasteiger partial charge in [0.15, 0.2) is 0 Å². The number of benzene rings is 1. The molecule has 0 atom stereocenters. The molecule has 2 rings (SSSR count). The first-order chi connectivity index (χ1) is 8.06. The minimum absolute atomic E-state index is 0.111. The fraction of sp³-hybridized carbons (Fsp3) is 0.417. The standard InChI is InChI=1S/C12H12BrCl2NO/c13-9-3-2-8(6-10(9)15)11(17)16-12(7-14)4-1-5-12/h2-3,6H,1,4-5,7H2,(H,16,17). The highest BCUT2D eigenvalue weighted by Gasteiger charge is 2.37. The summed E-state index contributed by atoms with van der Waals surface area (Å²) in [6.45, 7) is 0. The molecule has 2 nitrogen and oxygen atoms in total. The van der Waals surface area contributed by atoms with Gasteiger partial charge in [-0.25, -0.2) is 0 Å². The van der Waals surface area contributed by atoms with Gasteiger partial charge in [0.05, 0.1) is 10.6 Å². The van der Waals surface area contributed by atoms with Gasteiger partial charge >= 0.3 is 0 Å². The van der Waals surface area contributed by atoms with Crippen molar-refractivity contribution >= 4 is 45.0 Å². The maximum atomic E-state index is 12.0. The zero-order valence-electron chi connectivity index (χ0n) is 9.10. The molecule has 92 valence electrons. The molecule has 5 heteroatoms. The van der Waals surface area contributed by atoms with Crippen LogP contribution in [-0.4, -0.2) is 17.3 Å². The molecule has 1 aliphatic rings. The average Bonchev–Trinajstić information content (AvgIpc) is 2.27. The second-order valence-electron chi connectivity index (χ2n) is 4.35. The summed E-state index contributed by atoms with van der Waals surface area (Å²) in [5, 5.41) is 3.53. The number of carbonyl (C=O) groups excluding carboxylic acids is 1. The maximum absolute atomic E-state index is 12.0. The van der Waals surface area contributed by atoms with Gasteiger partial charge in [0, 0.05) is 15.9 Å². The molecule has 1 saturated carbocycles. The molecule has 0 radical (unpaired) electrons. The monoisotopic (exact) mass is 335 g/mol. The van der Waals surface area contributed by atoms with E-state index in [9.17, 15) is 4.79 Å². The Hall–Kier alpha value is -0.250. The zero-order chi connectivity index (χ0) is 12.5. The third-order valence-electron chi connectivity index (χ3n) is 3.13. The lowest BCUT2D eigenvalue weighted by Crippen LogP contribution is -2.55. The summed E-state index contributed by atoms with van der Waals surface area (Å²) < 4.78 is 0.784. The maximum Gasteiger partial charge on any atom is 0.251 e. The van der Waals surface area contributed by atoms with Crippen LogP contribution in [0.5, 0.6) is 0 Å². The Kier molecular flexibility index (Phi) is 4.01. The summed E-state index contributed by atoms with van der Waals surface area (Å²) >= 11 is 15.2. The van der Waals surface area contributed by atoms with Crippen LogP contribution in [0.4, 0.5) is 0 Å². The lowest BCUT2D eigenvalue weighted by Gasteiger charge is -2.41. The van der Waals surface area contributed by atoms with E-state index in [1.165, 1.54) is 0 Å². The molecule has 1 aromatic rings. The second kappa shape index (κ2) is 5.17. The molecule has 0 bridgehead atoms. The van der Waals surface area contributed by atoms with Crippen molar-refractivity contribution in [3.8, 4) is 0 Å². The van der Waals surface area contributed by atoms with Crippen molar-refractivity contribution in [1.29, 1.82) is 0 Å². The number of hydrogen-bond donors (Lipinski definition) is 1. The van der Waals surface area contributed by atoms with Crippen LogP contribution < -0.4 is 5.32 Å². The van der Waals surface area contributed by atoms with Crippen molar-refractivity contribution in [2.24, 2.45) is 0 Å². The van der Waals surface area contributed by atoms with Crippen LogP contribution in [0.2, 0.25) is 5.02 Å². The Labute approximate surface area is 119 Å². The van der Waals surface area contributed by atoms with E-state index in [0.717, 1.165) is 23.7 Å². The van der Waals surface area contributed by atoms with E-state index in [4.69, 9.17) is 23.2 Å². The van der Waals surface area contributed by atoms with E-state index in [1.807, 2.05) is 0 Å². The highest BCUT2D eigenvalue weighted by atomic mass is 79.9. The fourth-order valence-corrected chi connectivity index (χ4v) is 2.61. The Morgan fingerprint density at radius 1 is 1.47 bits per heavy atom. The van der Waals surface area contributed by atoms with E-state index in [-0.39, 0.29) is 11.4 Å². The van der Waals surface area contributed by atoms with Gasteiger partial charge in [-0.3, -0.25) is 4.79 Å². The van der Waals surface area contributed by atoms with Gasteiger partial charge in [-0.05, 0) is 53.4 Å². The van der Waals surface area contributed by atoms with Crippen LogP contribution in [0, 0.1) is 0 Å². The van der Waals surface area contributed by atoms with Gasteiger partial charge in [0.2, 0.25) is 0 Å². The normalized spacial score (nSPS) is 17.4. The number of alkyl halides is 1. The summed E-state index contributed by atoms with van der Waals surface area (Å²) in [7, 11) is 0. The Morgan fingerprint density at radius 3 is 2.65 bits per heavy atom. The Balaban J connectivity index is 2.11. The minimum Gasteiger partial charge on any atom is -0.345 e. The summed E-state index contributed by atoms with van der Waals surface area (Å²) in [4.78, 5) is 12.0. The van der Waals surface area contributed by atoms with Gasteiger partial charge in [-0.1, -0.05) is 11.6 Å². The Bertz CT molecular complexity index is 441. The molecule has 0 aromatic heterocycles. The number of amides is 1. The first-order valence-corrected chi connectivity index (χ1v) is 7.10. The molecule has 0 spiro atoms. The quantitative estimate of drug-likeness (QED) is 0.831. The van der Waals surface area contributed by atoms with Crippen LogP contribution in [0.1, 0.15) is 29.6 Å². The summed E-state index contributed by atoms with van der Waals surface area (Å²) in [5.41, 5.74) is 0.354. The zero-order valence-corrected chi connectivity index (χ0v) is 12.2. The van der Waals surface area contributed by atoms with Crippen molar-refractivity contribution in [2.75, 3.05) is 5.88 Å². The van der Waals surface area contributed by atoms with Crippen LogP contribution in [0.3, 0.4) is 0 Å². The lowest BCUT2D eigenvalue weighted by molar-refractivity contribution is 0.0854. The molecular formula is C12H12BrCl2NO. The van der Waals surface area contributed by atoms with Gasteiger partial charge in [-0.15, -0.1) is 11.6 Å². The predicted octanol–water partition coefficient (Wildman–Crippen LogP) is 3.99. The molecular weight excluding hydrogens is 325 g/mol. The van der Waals surface area contributed by atoms with Crippen LogP contribution in [0.25, 0.3) is 0 Å². The molecule has 1 aliphatic carbocycles. The smallest absolute Gasteiger partial charge is 0.251 e. The molecule has 1 N–H and O–H groups in total. The fourth-order valence-electron chi connectivity index (χ4n) is 1.85. The molecule has 1 aromatic carbocycles. The van der Waals surface area contributed by atoms with E-state index in [2.05, 4.69) is 21.2 Å². The topological polar surface area (TPSA) is 29.1 Å². The summed E-state index contributed by atoms with van der Waals surface area (Å²) in [6, 6.07) is 5.17. The number of nitrogens with one attached hydrogen (secondary N) is 1. The molecule has 17 heavy (non-hydrogen) atoms. The number of hydrogen-bond acceptors (Lipinski definition) is 1. The van der Waals surface area contributed by atoms with E-state index >= 15 is 0 Å². The number of carbonyl (C=O) groups is 1. The lowest BCUT2D eigenvalue weighted by atomic mass is 9.78. The van der Waals surface area contributed by atoms with E-state index < -0.39 is 0 Å². The summed E-state index contributed by atoms with van der Waals surface area (Å²) in [6.07, 6.45) is 3.02. The minimum atomic E-state index is -0.210. The van der Waals surface area contributed by atoms with Crippen LogP contribution in [-0.2, 0) is 0 Å². The highest BCUT2D eigenvalue weighted by molar-refractivity contribution is 9.10. The number of rotatable bonds is 3. The molecule has 1 amide bonds. The first-order valence-electron chi connectivity index (χ1n) is 5.40. The van der Waals surface area contributed by atoms with Gasteiger partial charge in [0.1, 0.15) is 0 Å². The van der Waals surface area contributed by atoms with E-state index in [1.54, 1.807) is 18.2 Å². The van der Waals surface area contributed by atoms with E-state index in [0.29, 0.717) is 16.5 Å². The van der Waals surface area contributed by atoms with Crippen molar-refractivity contribution in [1.82, 2.24) is 5.32 Å². The second-order valence-corrected chi connectivity index (χ2v) is 5.88. The Morgan fingerprint density at radius 2 is 2.18 bits per heavy atom. The third-order valence-corrected chi connectivity index (χ3v) is 4.87. The molecule has 1 fully saturated rings. The van der Waals surface area contributed by atoms with Crippen LogP contribution in [0.15, 0.2) is 22.7 Å². The van der Waals surface area contributed by atoms with Crippen molar-refractivity contribution in [3.05, 3.63) is 33.3 Å². The van der Waals surface area contributed by atoms with Crippen molar-refractivity contribution in [3.63, 3.8) is 0 Å². The predicted molar refractivity (Wildman–Crippen MR) is 73.9 cm³/mol. The van der Waals surface area contributed by atoms with Gasteiger partial charge in [-0.2, -0.15) is 0 Å². The SMILES string of the molecule is O=C(NC1(CCl)CCC1)c1ccc(Br)c(Cl)c1. The highest BCUT2D eigenvalue weighted by Crippen LogP contribution is 2.33. The number of halogens is 3. The van der Waals surface area contributed by atoms with Crippen molar-refractivity contribution < 1.29 is 4.79 Å². The third kappa shape index (κ3) is 2.78. The summed E-state index contributed by atoms with van der Waals surface area (Å²) in [5.74, 6) is 0.350.